The van der Waals surface area contributed by atoms with Gasteiger partial charge in [-0.2, -0.15) is 0 Å². The number of aliphatic carboxylic acids is 1. The summed E-state index contributed by atoms with van der Waals surface area (Å²) in [7, 11) is 0. The average molecular weight is 448 g/mol. The summed E-state index contributed by atoms with van der Waals surface area (Å²) in [6.07, 6.45) is 5.51. The van der Waals surface area contributed by atoms with E-state index in [0.717, 1.165) is 12.0 Å². The predicted octanol–water partition coefficient (Wildman–Crippen LogP) is 4.64. The first-order chi connectivity index (χ1) is 14.0. The molecule has 0 aliphatic carbocycles. The van der Waals surface area contributed by atoms with E-state index in [9.17, 15) is 9.59 Å². The first kappa shape index (κ1) is 21.4. The number of nitrogens with zero attached hydrogens (tertiary/aromatic N) is 3. The van der Waals surface area contributed by atoms with Gasteiger partial charge in [0.05, 0.1) is 16.3 Å². The molecule has 0 unspecified atom stereocenters. The number of rotatable bonds is 8. The molecule has 0 saturated carbocycles. The van der Waals surface area contributed by atoms with Crippen LogP contribution < -0.4 is 0 Å². The molecule has 1 aliphatic heterocycles. The van der Waals surface area contributed by atoms with Crippen molar-refractivity contribution in [1.29, 1.82) is 0 Å². The highest BCUT2D eigenvalue weighted by molar-refractivity contribution is 8.26. The highest BCUT2D eigenvalue weighted by Crippen LogP contribution is 2.33. The van der Waals surface area contributed by atoms with Crippen LogP contribution in [0.25, 0.3) is 17.3 Å². The largest absolute Gasteiger partial charge is 0.481 e. The lowest BCUT2D eigenvalue weighted by molar-refractivity contribution is -0.137. The van der Waals surface area contributed by atoms with Gasteiger partial charge in [0.2, 0.25) is 0 Å². The van der Waals surface area contributed by atoms with Gasteiger partial charge in [-0.15, -0.1) is 0 Å². The van der Waals surface area contributed by atoms with Gasteiger partial charge < -0.3 is 5.11 Å². The predicted molar refractivity (Wildman–Crippen MR) is 118 cm³/mol. The lowest BCUT2D eigenvalue weighted by Crippen LogP contribution is -2.29. The van der Waals surface area contributed by atoms with E-state index in [1.807, 2.05) is 24.3 Å². The Hall–Kier alpha value is -2.29. The summed E-state index contributed by atoms with van der Waals surface area (Å²) in [5.41, 5.74) is 2.02. The molecule has 0 aromatic carbocycles. The monoisotopic (exact) mass is 447 g/mol. The SMILES string of the molecule is O=C(O)CCCCCN1C(=O)C(=Cc2cccc(-c3cccnc3Cl)n2)SC1=S. The van der Waals surface area contributed by atoms with Gasteiger partial charge in [0.25, 0.3) is 5.91 Å². The molecule has 1 amide bonds. The van der Waals surface area contributed by atoms with Crippen molar-refractivity contribution in [3.05, 3.63) is 52.3 Å². The van der Waals surface area contributed by atoms with E-state index in [0.29, 0.717) is 45.2 Å². The van der Waals surface area contributed by atoms with E-state index in [1.54, 1.807) is 23.2 Å². The molecule has 0 radical (unpaired) electrons. The molecular weight excluding hydrogens is 430 g/mol. The summed E-state index contributed by atoms with van der Waals surface area (Å²) >= 11 is 12.7. The number of carboxylic acids is 1. The lowest BCUT2D eigenvalue weighted by atomic mass is 10.1. The standard InChI is InChI=1S/C20H18ClN3O3S2/c21-18-14(7-5-10-22-18)15-8-4-6-13(23-15)12-16-19(27)24(20(28)29-16)11-3-1-2-9-17(25)26/h4-8,10,12H,1-3,9,11H2,(H,25,26). The minimum atomic E-state index is -0.805. The Morgan fingerprint density at radius 2 is 2.07 bits per heavy atom. The van der Waals surface area contributed by atoms with Gasteiger partial charge >= 0.3 is 5.97 Å². The number of hydrogen-bond acceptors (Lipinski definition) is 6. The number of unbranched alkanes of at least 4 members (excludes halogenated alkanes) is 2. The number of thioether (sulfide) groups is 1. The number of carbonyl (C=O) groups excluding carboxylic acids is 1. The Kier molecular flexibility index (Phi) is 7.35. The Balaban J connectivity index is 1.69. The second kappa shape index (κ2) is 9.96. The fourth-order valence-electron chi connectivity index (χ4n) is 2.81. The fourth-order valence-corrected chi connectivity index (χ4v) is 4.32. The maximum Gasteiger partial charge on any atom is 0.303 e. The molecule has 1 N–H and O–H groups in total. The summed E-state index contributed by atoms with van der Waals surface area (Å²) in [6, 6.07) is 9.12. The number of carbonyl (C=O) groups is 2. The van der Waals surface area contributed by atoms with Crippen LogP contribution in [0.4, 0.5) is 0 Å². The van der Waals surface area contributed by atoms with E-state index in [-0.39, 0.29) is 12.3 Å². The Labute approximate surface area is 183 Å². The molecule has 3 rings (SSSR count). The smallest absolute Gasteiger partial charge is 0.303 e. The van der Waals surface area contributed by atoms with Crippen LogP contribution in [0, 0.1) is 0 Å². The van der Waals surface area contributed by atoms with Gasteiger partial charge in [-0.05, 0) is 43.2 Å². The summed E-state index contributed by atoms with van der Waals surface area (Å²) in [6.45, 7) is 0.486. The minimum Gasteiger partial charge on any atom is -0.481 e. The Morgan fingerprint density at radius 1 is 1.24 bits per heavy atom. The van der Waals surface area contributed by atoms with Gasteiger partial charge in [-0.25, -0.2) is 9.97 Å². The molecule has 2 aromatic heterocycles. The highest BCUT2D eigenvalue weighted by atomic mass is 35.5. The van der Waals surface area contributed by atoms with Crippen LogP contribution in [0.15, 0.2) is 41.4 Å². The van der Waals surface area contributed by atoms with Crippen molar-refractivity contribution >= 4 is 57.9 Å². The molecule has 1 saturated heterocycles. The topological polar surface area (TPSA) is 83.4 Å². The van der Waals surface area contributed by atoms with Gasteiger partial charge in [0.1, 0.15) is 9.47 Å². The number of carboxylic acid groups (broad SMARTS) is 1. The molecule has 3 heterocycles. The Bertz CT molecular complexity index is 981. The van der Waals surface area contributed by atoms with Crippen molar-refractivity contribution in [1.82, 2.24) is 14.9 Å². The summed E-state index contributed by atoms with van der Waals surface area (Å²) in [4.78, 5) is 34.0. The number of pyridine rings is 2. The van der Waals surface area contributed by atoms with Crippen molar-refractivity contribution in [2.24, 2.45) is 0 Å². The van der Waals surface area contributed by atoms with Crippen molar-refractivity contribution in [3.8, 4) is 11.3 Å². The molecule has 0 atom stereocenters. The number of thiocarbonyl (C=S) groups is 1. The highest BCUT2D eigenvalue weighted by Gasteiger charge is 2.31. The number of halogens is 1. The molecule has 6 nitrogen and oxygen atoms in total. The third-order valence-corrected chi connectivity index (χ3v) is 5.91. The molecule has 9 heteroatoms. The summed E-state index contributed by atoms with van der Waals surface area (Å²) < 4.78 is 0.506. The average Bonchev–Trinajstić information content (AvgIpc) is 2.95. The van der Waals surface area contributed by atoms with Gasteiger partial charge in [-0.3, -0.25) is 14.5 Å². The zero-order valence-corrected chi connectivity index (χ0v) is 17.8. The normalized spacial score (nSPS) is 15.3. The number of hydrogen-bond donors (Lipinski definition) is 1. The third-order valence-electron chi connectivity index (χ3n) is 4.23. The molecular formula is C20H18ClN3O3S2. The van der Waals surface area contributed by atoms with Gasteiger partial charge in [0, 0.05) is 24.7 Å². The maximum atomic E-state index is 12.7. The van der Waals surface area contributed by atoms with Gasteiger partial charge in [-0.1, -0.05) is 48.1 Å². The van der Waals surface area contributed by atoms with Crippen LogP contribution in [0.3, 0.4) is 0 Å². The first-order valence-corrected chi connectivity index (χ1v) is 10.6. The van der Waals surface area contributed by atoms with Crippen molar-refractivity contribution < 1.29 is 14.7 Å². The lowest BCUT2D eigenvalue weighted by Gasteiger charge is -2.13. The van der Waals surface area contributed by atoms with E-state index >= 15 is 0 Å². The van der Waals surface area contributed by atoms with Crippen molar-refractivity contribution in [3.63, 3.8) is 0 Å². The van der Waals surface area contributed by atoms with E-state index < -0.39 is 5.97 Å². The zero-order valence-electron chi connectivity index (χ0n) is 15.4. The number of aromatic nitrogens is 2. The van der Waals surface area contributed by atoms with Crippen LogP contribution >= 0.6 is 35.6 Å². The summed E-state index contributed by atoms with van der Waals surface area (Å²) in [5, 5.41) is 9.04. The van der Waals surface area contributed by atoms with Crippen LogP contribution in [-0.4, -0.2) is 42.7 Å². The van der Waals surface area contributed by atoms with Gasteiger partial charge in [0.15, 0.2) is 0 Å². The minimum absolute atomic E-state index is 0.140. The Morgan fingerprint density at radius 3 is 2.83 bits per heavy atom. The number of amides is 1. The molecule has 1 aliphatic rings. The molecule has 29 heavy (non-hydrogen) atoms. The molecule has 1 fully saturated rings. The van der Waals surface area contributed by atoms with Crippen molar-refractivity contribution in [2.45, 2.75) is 25.7 Å². The van der Waals surface area contributed by atoms with E-state index in [1.165, 1.54) is 11.8 Å². The van der Waals surface area contributed by atoms with Crippen LogP contribution in [0.5, 0.6) is 0 Å². The maximum absolute atomic E-state index is 12.7. The second-order valence-electron chi connectivity index (χ2n) is 6.33. The fraction of sp³-hybridized carbons (Fsp3) is 0.250. The third kappa shape index (κ3) is 5.62. The molecule has 2 aromatic rings. The first-order valence-electron chi connectivity index (χ1n) is 9.01. The van der Waals surface area contributed by atoms with E-state index in [2.05, 4.69) is 9.97 Å². The van der Waals surface area contributed by atoms with Crippen LogP contribution in [-0.2, 0) is 9.59 Å². The molecule has 150 valence electrons. The quantitative estimate of drug-likeness (QED) is 0.273. The molecule has 0 bridgehead atoms. The summed E-state index contributed by atoms with van der Waals surface area (Å²) in [5.74, 6) is -0.953. The van der Waals surface area contributed by atoms with E-state index in [4.69, 9.17) is 28.9 Å². The van der Waals surface area contributed by atoms with Crippen LogP contribution in [0.1, 0.15) is 31.4 Å². The van der Waals surface area contributed by atoms with Crippen molar-refractivity contribution in [2.75, 3.05) is 6.54 Å². The van der Waals surface area contributed by atoms with Crippen LogP contribution in [0.2, 0.25) is 5.15 Å². The zero-order chi connectivity index (χ0) is 20.8. The second-order valence-corrected chi connectivity index (χ2v) is 8.36. The molecule has 0 spiro atoms.